The molecule has 0 aliphatic rings. The van der Waals surface area contributed by atoms with E-state index in [0.717, 1.165) is 78.3 Å². The van der Waals surface area contributed by atoms with Gasteiger partial charge in [0.2, 0.25) is 0 Å². The van der Waals surface area contributed by atoms with Gasteiger partial charge in [-0.05, 0) is 107 Å². The topological polar surface area (TPSA) is 57.2 Å². The maximum absolute atomic E-state index is 14.3. The first-order valence-electron chi connectivity index (χ1n) is 15.9. The van der Waals surface area contributed by atoms with Crippen molar-refractivity contribution < 1.29 is 23.7 Å². The summed E-state index contributed by atoms with van der Waals surface area (Å²) in [5, 5.41) is 4.08. The molecule has 0 aliphatic heterocycles. The Balaban J connectivity index is 1.86. The molecular weight excluding hydrogens is 619 g/mol. The summed E-state index contributed by atoms with van der Waals surface area (Å²) in [4.78, 5) is 16.9. The highest BCUT2D eigenvalue weighted by molar-refractivity contribution is 7.14. The summed E-state index contributed by atoms with van der Waals surface area (Å²) < 4.78 is 22.2. The first kappa shape index (κ1) is 32.7. The Bertz CT molecular complexity index is 2030. The van der Waals surface area contributed by atoms with Crippen LogP contribution in [0.3, 0.4) is 0 Å². The van der Waals surface area contributed by atoms with Crippen LogP contribution in [-0.4, -0.2) is 52.3 Å². The highest BCUT2D eigenvalue weighted by Crippen LogP contribution is 2.53. The molecule has 0 saturated carbocycles. The van der Waals surface area contributed by atoms with Crippen LogP contribution >= 0.6 is 11.3 Å². The zero-order chi connectivity index (χ0) is 33.8. The van der Waals surface area contributed by atoms with Crippen LogP contribution in [0.4, 0.5) is 0 Å². The lowest BCUT2D eigenvalue weighted by Crippen LogP contribution is -2.30. The number of fused-ring (bicyclic) bond motifs is 1. The molecule has 0 fully saturated rings. The molecule has 0 aliphatic carbocycles. The van der Waals surface area contributed by atoms with Crippen LogP contribution < -0.4 is 18.9 Å². The van der Waals surface area contributed by atoms with Crippen LogP contribution in [0, 0.1) is 0 Å². The number of benzene rings is 5. The van der Waals surface area contributed by atoms with Crippen molar-refractivity contribution in [2.45, 2.75) is 13.8 Å². The average Bonchev–Trinajstić information content (AvgIpc) is 3.59. The number of hydrogen-bond donors (Lipinski definition) is 0. The summed E-state index contributed by atoms with van der Waals surface area (Å²) in [6.45, 7) is 5.28. The van der Waals surface area contributed by atoms with Crippen molar-refractivity contribution in [2.24, 2.45) is 0 Å². The van der Waals surface area contributed by atoms with Gasteiger partial charge in [-0.15, -0.1) is 11.3 Å². The molecule has 6 rings (SSSR count). The van der Waals surface area contributed by atoms with Gasteiger partial charge in [0.25, 0.3) is 5.91 Å². The number of carbonyl (C=O) groups excluding carboxylic acids is 1. The van der Waals surface area contributed by atoms with Gasteiger partial charge in [0.05, 0.1) is 28.4 Å². The van der Waals surface area contributed by atoms with Crippen LogP contribution in [-0.2, 0) is 0 Å². The summed E-state index contributed by atoms with van der Waals surface area (Å²) in [5.41, 5.74) is 8.10. The lowest BCUT2D eigenvalue weighted by molar-refractivity contribution is 0.0779. The zero-order valence-electron chi connectivity index (χ0n) is 28.1. The van der Waals surface area contributed by atoms with Crippen LogP contribution in [0.25, 0.3) is 55.3 Å². The van der Waals surface area contributed by atoms with Crippen molar-refractivity contribution in [3.63, 3.8) is 0 Å². The number of carbonyl (C=O) groups is 1. The second kappa shape index (κ2) is 14.2. The molecule has 6 aromatic rings. The summed E-state index contributed by atoms with van der Waals surface area (Å²) in [6.07, 6.45) is 0. The standard InChI is InChI=1S/C41H39NO5S/c1-7-42(8-2)41(43)40-39-34(25-48-40)35(26-9-17-30(44-3)18-10-26)36(27-11-19-31(45-4)20-12-27)37(28-13-21-32(46-5)22-14-28)38(39)29-15-23-33(47-6)24-16-29/h9-25H,7-8H2,1-6H3. The van der Waals surface area contributed by atoms with Gasteiger partial charge in [-0.3, -0.25) is 4.79 Å². The zero-order valence-corrected chi connectivity index (χ0v) is 28.9. The molecule has 1 amide bonds. The van der Waals surface area contributed by atoms with Crippen molar-refractivity contribution in [1.29, 1.82) is 0 Å². The number of rotatable bonds is 11. The molecule has 0 N–H and O–H groups in total. The predicted octanol–water partition coefficient (Wildman–Crippen LogP) is 10.1. The summed E-state index contributed by atoms with van der Waals surface area (Å²) in [6, 6.07) is 32.6. The summed E-state index contributed by atoms with van der Waals surface area (Å²) >= 11 is 1.50. The molecule has 48 heavy (non-hydrogen) atoms. The van der Waals surface area contributed by atoms with Gasteiger partial charge in [-0.1, -0.05) is 48.5 Å². The van der Waals surface area contributed by atoms with E-state index in [1.807, 2.05) is 67.3 Å². The first-order chi connectivity index (χ1) is 23.5. The Morgan fingerprint density at radius 1 is 0.521 bits per heavy atom. The van der Waals surface area contributed by atoms with Gasteiger partial charge >= 0.3 is 0 Å². The smallest absolute Gasteiger partial charge is 0.264 e. The van der Waals surface area contributed by atoms with Gasteiger partial charge < -0.3 is 23.8 Å². The molecule has 244 valence electrons. The minimum atomic E-state index is 0.0216. The molecule has 7 heteroatoms. The molecule has 0 unspecified atom stereocenters. The summed E-state index contributed by atoms with van der Waals surface area (Å²) in [7, 11) is 6.69. The van der Waals surface area contributed by atoms with Crippen LogP contribution in [0.5, 0.6) is 23.0 Å². The van der Waals surface area contributed by atoms with Crippen molar-refractivity contribution >= 4 is 28.0 Å². The average molecular weight is 658 g/mol. The monoisotopic (exact) mass is 657 g/mol. The second-order valence-corrected chi connectivity index (χ2v) is 12.1. The molecule has 0 bridgehead atoms. The van der Waals surface area contributed by atoms with E-state index in [-0.39, 0.29) is 5.91 Å². The minimum Gasteiger partial charge on any atom is -0.497 e. The van der Waals surface area contributed by atoms with E-state index < -0.39 is 0 Å². The first-order valence-corrected chi connectivity index (χ1v) is 16.8. The SMILES string of the molecule is CCN(CC)C(=O)c1scc2c(-c3ccc(OC)cc3)c(-c3ccc(OC)cc3)c(-c3ccc(OC)cc3)c(-c3ccc(OC)cc3)c12. The Hall–Kier alpha value is -5.27. The minimum absolute atomic E-state index is 0.0216. The van der Waals surface area contributed by atoms with E-state index in [2.05, 4.69) is 53.9 Å². The molecule has 0 atom stereocenters. The fourth-order valence-corrected chi connectivity index (χ4v) is 7.34. The number of nitrogens with zero attached hydrogens (tertiary/aromatic N) is 1. The van der Waals surface area contributed by atoms with E-state index in [1.54, 1.807) is 28.4 Å². The number of hydrogen-bond acceptors (Lipinski definition) is 6. The quantitative estimate of drug-likeness (QED) is 0.139. The Morgan fingerprint density at radius 3 is 1.21 bits per heavy atom. The van der Waals surface area contributed by atoms with Gasteiger partial charge in [0.15, 0.2) is 0 Å². The molecule has 6 nitrogen and oxygen atoms in total. The third kappa shape index (κ3) is 5.98. The lowest BCUT2D eigenvalue weighted by Gasteiger charge is -2.24. The Labute approximate surface area is 286 Å². The van der Waals surface area contributed by atoms with Crippen molar-refractivity contribution in [1.82, 2.24) is 4.90 Å². The highest BCUT2D eigenvalue weighted by atomic mass is 32.1. The number of thiophene rings is 1. The van der Waals surface area contributed by atoms with Crippen LogP contribution in [0.2, 0.25) is 0 Å². The lowest BCUT2D eigenvalue weighted by atomic mass is 9.79. The fourth-order valence-electron chi connectivity index (χ4n) is 6.31. The van der Waals surface area contributed by atoms with Gasteiger partial charge in [-0.25, -0.2) is 0 Å². The van der Waals surface area contributed by atoms with E-state index in [1.165, 1.54) is 11.3 Å². The molecule has 1 aromatic heterocycles. The molecule has 0 saturated heterocycles. The normalized spacial score (nSPS) is 11.0. The van der Waals surface area contributed by atoms with Crippen molar-refractivity contribution in [2.75, 3.05) is 41.5 Å². The van der Waals surface area contributed by atoms with Gasteiger partial charge in [-0.2, -0.15) is 0 Å². The maximum Gasteiger partial charge on any atom is 0.264 e. The number of methoxy groups -OCH3 is 4. The van der Waals surface area contributed by atoms with Gasteiger partial charge in [0.1, 0.15) is 27.9 Å². The molecule has 0 radical (unpaired) electrons. The predicted molar refractivity (Wildman–Crippen MR) is 197 cm³/mol. The van der Waals surface area contributed by atoms with Gasteiger partial charge in [0, 0.05) is 29.2 Å². The van der Waals surface area contributed by atoms with Crippen molar-refractivity contribution in [3.8, 4) is 67.5 Å². The number of amides is 1. The van der Waals surface area contributed by atoms with Crippen LogP contribution in [0.15, 0.2) is 102 Å². The molecule has 0 spiro atoms. The Kier molecular flexibility index (Phi) is 9.69. The molecular formula is C41H39NO5S. The van der Waals surface area contributed by atoms with Crippen molar-refractivity contribution in [3.05, 3.63) is 107 Å². The van der Waals surface area contributed by atoms with E-state index in [4.69, 9.17) is 18.9 Å². The maximum atomic E-state index is 14.3. The van der Waals surface area contributed by atoms with E-state index >= 15 is 0 Å². The van der Waals surface area contributed by atoms with E-state index in [9.17, 15) is 4.79 Å². The second-order valence-electron chi connectivity index (χ2n) is 11.2. The largest absolute Gasteiger partial charge is 0.497 e. The third-order valence-corrected chi connectivity index (χ3v) is 9.79. The Morgan fingerprint density at radius 2 is 0.854 bits per heavy atom. The third-order valence-electron chi connectivity index (χ3n) is 8.82. The highest BCUT2D eigenvalue weighted by Gasteiger charge is 2.29. The van der Waals surface area contributed by atoms with Crippen LogP contribution in [0.1, 0.15) is 23.5 Å². The fraction of sp³-hybridized carbons (Fsp3) is 0.195. The summed E-state index contributed by atoms with van der Waals surface area (Å²) in [5.74, 6) is 3.09. The number of ether oxygens (including phenoxy) is 4. The molecule has 5 aromatic carbocycles. The van der Waals surface area contributed by atoms with E-state index in [0.29, 0.717) is 18.0 Å². The molecule has 1 heterocycles.